The standard InChI is InChI=1S/C27H33N3O6/c1-19-3-2-4-22(13-19)18-36-27(26(33)29-30-9-11-34-12-10-30)14-23(31)25(32)24(15-27)35-17-21-7-5-20(16-28)6-8-21/h2-8,13,23-25,31-32H,9-12,14-15,17-18H2,1H3,(H,29,33)/t23-,24?,25-,27+/m1/s1. The molecule has 1 unspecified atom stereocenters. The van der Waals surface area contributed by atoms with Gasteiger partial charge in [0.25, 0.3) is 5.91 Å². The topological polar surface area (TPSA) is 124 Å². The second kappa shape index (κ2) is 11.9. The number of carbonyl (C=O) groups is 1. The van der Waals surface area contributed by atoms with E-state index in [4.69, 9.17) is 19.5 Å². The summed E-state index contributed by atoms with van der Waals surface area (Å²) in [6.45, 7) is 4.41. The van der Waals surface area contributed by atoms with E-state index in [0.29, 0.717) is 31.9 Å². The van der Waals surface area contributed by atoms with Crippen LogP contribution in [0.25, 0.3) is 0 Å². The Balaban J connectivity index is 1.52. The Labute approximate surface area is 211 Å². The number of hydrogen-bond donors (Lipinski definition) is 3. The van der Waals surface area contributed by atoms with Gasteiger partial charge >= 0.3 is 0 Å². The number of amides is 1. The van der Waals surface area contributed by atoms with Crippen LogP contribution in [0, 0.1) is 18.3 Å². The molecule has 0 radical (unpaired) electrons. The van der Waals surface area contributed by atoms with Crippen LogP contribution in [0.3, 0.4) is 0 Å². The van der Waals surface area contributed by atoms with Crippen LogP contribution < -0.4 is 5.43 Å². The Kier molecular flexibility index (Phi) is 8.69. The second-order valence-corrected chi connectivity index (χ2v) is 9.44. The SMILES string of the molecule is Cc1cccc(CO[C@]2(C(=O)NN3CCOCC3)CC(OCc3ccc(C#N)cc3)[C@H](O)[C@H](O)C2)c1. The molecule has 2 aromatic rings. The minimum absolute atomic E-state index is 0.0626. The van der Waals surface area contributed by atoms with Gasteiger partial charge in [-0.2, -0.15) is 5.26 Å². The molecule has 2 aromatic carbocycles. The summed E-state index contributed by atoms with van der Waals surface area (Å²) in [5.74, 6) is -0.380. The van der Waals surface area contributed by atoms with E-state index in [-0.39, 0.29) is 32.0 Å². The van der Waals surface area contributed by atoms with Gasteiger partial charge in [0.05, 0.1) is 50.3 Å². The van der Waals surface area contributed by atoms with Gasteiger partial charge in [-0.15, -0.1) is 0 Å². The molecule has 2 aliphatic rings. The van der Waals surface area contributed by atoms with Crippen molar-refractivity contribution in [2.24, 2.45) is 0 Å². The predicted octanol–water partition coefficient (Wildman–Crippen LogP) is 1.59. The zero-order chi connectivity index (χ0) is 25.5. The van der Waals surface area contributed by atoms with Crippen LogP contribution >= 0.6 is 0 Å². The van der Waals surface area contributed by atoms with Gasteiger partial charge in [0, 0.05) is 25.9 Å². The zero-order valence-corrected chi connectivity index (χ0v) is 20.4. The molecule has 1 aliphatic carbocycles. The number of aliphatic hydroxyl groups is 2. The number of hydrogen-bond acceptors (Lipinski definition) is 8. The quantitative estimate of drug-likeness (QED) is 0.504. The first-order valence-electron chi connectivity index (χ1n) is 12.2. The molecule has 1 saturated carbocycles. The number of rotatable bonds is 8. The number of benzene rings is 2. The zero-order valence-electron chi connectivity index (χ0n) is 20.4. The summed E-state index contributed by atoms with van der Waals surface area (Å²) in [5, 5.41) is 32.3. The van der Waals surface area contributed by atoms with E-state index in [9.17, 15) is 15.0 Å². The van der Waals surface area contributed by atoms with E-state index >= 15 is 0 Å². The van der Waals surface area contributed by atoms with E-state index in [1.807, 2.05) is 31.2 Å². The van der Waals surface area contributed by atoms with Crippen molar-refractivity contribution in [3.05, 3.63) is 70.8 Å². The van der Waals surface area contributed by atoms with Crippen molar-refractivity contribution >= 4 is 5.91 Å². The molecule has 1 saturated heterocycles. The van der Waals surface area contributed by atoms with Crippen LogP contribution in [0.5, 0.6) is 0 Å². The lowest BCUT2D eigenvalue weighted by Gasteiger charge is -2.44. The van der Waals surface area contributed by atoms with Gasteiger partial charge < -0.3 is 24.4 Å². The van der Waals surface area contributed by atoms with E-state index in [2.05, 4.69) is 11.5 Å². The summed E-state index contributed by atoms with van der Waals surface area (Å²) in [4.78, 5) is 13.6. The van der Waals surface area contributed by atoms with Crippen molar-refractivity contribution in [2.75, 3.05) is 26.3 Å². The van der Waals surface area contributed by atoms with Gasteiger partial charge in [0.1, 0.15) is 6.10 Å². The highest BCUT2D eigenvalue weighted by molar-refractivity contribution is 5.85. The monoisotopic (exact) mass is 495 g/mol. The number of carbonyl (C=O) groups excluding carboxylic acids is 1. The lowest BCUT2D eigenvalue weighted by atomic mass is 9.78. The summed E-state index contributed by atoms with van der Waals surface area (Å²) in [6.07, 6.45) is -3.21. The third kappa shape index (κ3) is 6.48. The molecule has 9 heteroatoms. The van der Waals surface area contributed by atoms with Crippen molar-refractivity contribution < 1.29 is 29.2 Å². The minimum Gasteiger partial charge on any atom is -0.390 e. The molecular weight excluding hydrogens is 462 g/mol. The molecule has 4 rings (SSSR count). The van der Waals surface area contributed by atoms with Gasteiger partial charge in [-0.1, -0.05) is 42.0 Å². The summed E-state index contributed by atoms with van der Waals surface area (Å²) in [6, 6.07) is 16.8. The van der Waals surface area contributed by atoms with Crippen LogP contribution in [0.15, 0.2) is 48.5 Å². The first kappa shape index (κ1) is 26.2. The molecule has 1 amide bonds. The van der Waals surface area contributed by atoms with Gasteiger partial charge in [-0.25, -0.2) is 5.01 Å². The highest BCUT2D eigenvalue weighted by atomic mass is 16.5. The van der Waals surface area contributed by atoms with E-state index in [0.717, 1.165) is 16.7 Å². The summed E-state index contributed by atoms with van der Waals surface area (Å²) in [5.41, 5.74) is 4.85. The number of nitriles is 1. The van der Waals surface area contributed by atoms with E-state index in [1.165, 1.54) is 0 Å². The fourth-order valence-electron chi connectivity index (χ4n) is 4.58. The number of aryl methyl sites for hydroxylation is 1. The van der Waals surface area contributed by atoms with Crippen molar-refractivity contribution in [1.82, 2.24) is 10.4 Å². The largest absolute Gasteiger partial charge is 0.390 e. The number of nitrogens with one attached hydrogen (secondary N) is 1. The molecule has 3 N–H and O–H groups in total. The molecule has 0 bridgehead atoms. The Morgan fingerprint density at radius 2 is 1.89 bits per heavy atom. The number of hydrazine groups is 1. The molecule has 1 aliphatic heterocycles. The Hall–Kier alpha value is -2.84. The fraction of sp³-hybridized carbons (Fsp3) is 0.481. The third-order valence-corrected chi connectivity index (χ3v) is 6.67. The average molecular weight is 496 g/mol. The van der Waals surface area contributed by atoms with Crippen LogP contribution in [-0.2, 0) is 32.2 Å². The summed E-state index contributed by atoms with van der Waals surface area (Å²) < 4.78 is 17.7. The maximum absolute atomic E-state index is 13.6. The van der Waals surface area contributed by atoms with Crippen LogP contribution in [0.4, 0.5) is 0 Å². The maximum Gasteiger partial charge on any atom is 0.266 e. The van der Waals surface area contributed by atoms with Crippen LogP contribution in [-0.4, -0.2) is 71.3 Å². The highest BCUT2D eigenvalue weighted by Crippen LogP contribution is 2.36. The number of aliphatic hydroxyl groups excluding tert-OH is 2. The molecule has 192 valence electrons. The lowest BCUT2D eigenvalue weighted by molar-refractivity contribution is -0.203. The van der Waals surface area contributed by atoms with E-state index < -0.39 is 23.9 Å². The maximum atomic E-state index is 13.6. The van der Waals surface area contributed by atoms with Crippen LogP contribution in [0.2, 0.25) is 0 Å². The average Bonchev–Trinajstić information content (AvgIpc) is 2.89. The first-order chi connectivity index (χ1) is 17.4. The molecule has 4 atom stereocenters. The number of ether oxygens (including phenoxy) is 3. The van der Waals surface area contributed by atoms with Crippen molar-refractivity contribution in [1.29, 1.82) is 5.26 Å². The molecule has 2 fully saturated rings. The summed E-state index contributed by atoms with van der Waals surface area (Å²) in [7, 11) is 0. The molecule has 36 heavy (non-hydrogen) atoms. The van der Waals surface area contributed by atoms with E-state index in [1.54, 1.807) is 29.3 Å². The van der Waals surface area contributed by atoms with Gasteiger partial charge in [-0.3, -0.25) is 10.2 Å². The molecule has 0 spiro atoms. The molecule has 0 aromatic heterocycles. The Morgan fingerprint density at radius 3 is 2.58 bits per heavy atom. The Morgan fingerprint density at radius 1 is 1.14 bits per heavy atom. The predicted molar refractivity (Wildman–Crippen MR) is 130 cm³/mol. The smallest absolute Gasteiger partial charge is 0.266 e. The lowest BCUT2D eigenvalue weighted by Crippen LogP contribution is -2.63. The number of morpholine rings is 1. The Bertz CT molecular complexity index is 1070. The van der Waals surface area contributed by atoms with Gasteiger partial charge in [0.2, 0.25) is 0 Å². The molecular formula is C27H33N3O6. The molecule has 1 heterocycles. The fourth-order valence-corrected chi connectivity index (χ4v) is 4.58. The summed E-state index contributed by atoms with van der Waals surface area (Å²) >= 11 is 0. The minimum atomic E-state index is -1.41. The highest BCUT2D eigenvalue weighted by Gasteiger charge is 2.52. The van der Waals surface area contributed by atoms with Gasteiger partial charge in [0.15, 0.2) is 5.60 Å². The third-order valence-electron chi connectivity index (χ3n) is 6.67. The second-order valence-electron chi connectivity index (χ2n) is 9.44. The normalized spacial score (nSPS) is 26.8. The first-order valence-corrected chi connectivity index (χ1v) is 12.2. The van der Waals surface area contributed by atoms with Gasteiger partial charge in [-0.05, 0) is 30.2 Å². The van der Waals surface area contributed by atoms with Crippen LogP contribution in [0.1, 0.15) is 35.1 Å². The van der Waals surface area contributed by atoms with Crippen molar-refractivity contribution in [3.8, 4) is 6.07 Å². The number of nitrogens with zero attached hydrogens (tertiary/aromatic N) is 2. The van der Waals surface area contributed by atoms with Crippen molar-refractivity contribution in [3.63, 3.8) is 0 Å². The van der Waals surface area contributed by atoms with Crippen molar-refractivity contribution in [2.45, 2.75) is 56.9 Å². The molecule has 9 nitrogen and oxygen atoms in total.